The smallest absolute Gasteiger partial charge is 0.101 e. The average Bonchev–Trinajstić information content (AvgIpc) is 2.70. The van der Waals surface area contributed by atoms with E-state index in [1.54, 1.807) is 23.5 Å². The fourth-order valence-corrected chi connectivity index (χ4v) is 3.08. The Hall–Kier alpha value is -1.57. The number of hydrogen-bond donors (Lipinski definition) is 1. The summed E-state index contributed by atoms with van der Waals surface area (Å²) < 4.78 is 0. The summed E-state index contributed by atoms with van der Waals surface area (Å²) >= 11 is 7.57. The zero-order valence-electron chi connectivity index (χ0n) is 11.0. The van der Waals surface area contributed by atoms with Crippen molar-refractivity contribution < 1.29 is 0 Å². The first-order valence-corrected chi connectivity index (χ1v) is 7.11. The minimum atomic E-state index is 0.111. The predicted molar refractivity (Wildman–Crippen MR) is 79.8 cm³/mol. The number of nitrogens with one attached hydrogen (secondary N) is 1. The molecule has 19 heavy (non-hydrogen) atoms. The van der Waals surface area contributed by atoms with Gasteiger partial charge < -0.3 is 5.32 Å². The van der Waals surface area contributed by atoms with Crippen molar-refractivity contribution in [1.29, 1.82) is 5.26 Å². The molecule has 1 heterocycles. The summed E-state index contributed by atoms with van der Waals surface area (Å²) in [5.41, 5.74) is 2.39. The number of nitrogens with zero attached hydrogens (tertiary/aromatic N) is 2. The van der Waals surface area contributed by atoms with E-state index in [9.17, 15) is 0 Å². The van der Waals surface area contributed by atoms with Crippen LogP contribution in [0.15, 0.2) is 18.2 Å². The van der Waals surface area contributed by atoms with Crippen molar-refractivity contribution in [3.63, 3.8) is 0 Å². The predicted octanol–water partition coefficient (Wildman–Crippen LogP) is 4.46. The van der Waals surface area contributed by atoms with E-state index in [-0.39, 0.29) is 6.04 Å². The molecule has 1 N–H and O–H groups in total. The monoisotopic (exact) mass is 291 g/mol. The molecule has 0 bridgehead atoms. The number of aromatic nitrogens is 1. The Morgan fingerprint density at radius 1 is 1.42 bits per heavy atom. The first kappa shape index (κ1) is 13.9. The molecule has 98 valence electrons. The number of halogens is 1. The molecular formula is C14H14ClN3S. The number of benzene rings is 1. The van der Waals surface area contributed by atoms with E-state index in [1.807, 2.05) is 19.9 Å². The van der Waals surface area contributed by atoms with Gasteiger partial charge in [-0.05, 0) is 39.0 Å². The highest BCUT2D eigenvalue weighted by molar-refractivity contribution is 7.11. The number of rotatable bonds is 3. The lowest BCUT2D eigenvalue weighted by atomic mass is 10.1. The maximum absolute atomic E-state index is 9.13. The first-order chi connectivity index (χ1) is 9.01. The van der Waals surface area contributed by atoms with Crippen molar-refractivity contribution in [2.75, 3.05) is 5.32 Å². The SMILES string of the molecule is Cc1nc(C)c(C(C)Nc2ccc(Cl)cc2C#N)s1. The standard InChI is InChI=1S/C14H14ClN3S/c1-8-14(19-10(3)17-8)9(2)18-13-5-4-12(15)6-11(13)7-16/h4-6,9,18H,1-3H3. The van der Waals surface area contributed by atoms with Crippen LogP contribution < -0.4 is 5.32 Å². The fraction of sp³-hybridized carbons (Fsp3) is 0.286. The van der Waals surface area contributed by atoms with Crippen molar-refractivity contribution in [3.8, 4) is 6.07 Å². The third-order valence-corrected chi connectivity index (χ3v) is 4.30. The summed E-state index contributed by atoms with van der Waals surface area (Å²) in [5.74, 6) is 0. The van der Waals surface area contributed by atoms with Gasteiger partial charge in [0.05, 0.1) is 28.0 Å². The van der Waals surface area contributed by atoms with Crippen LogP contribution in [0.25, 0.3) is 0 Å². The lowest BCUT2D eigenvalue weighted by Gasteiger charge is -2.15. The Morgan fingerprint density at radius 2 is 2.16 bits per heavy atom. The molecule has 0 aliphatic heterocycles. The number of hydrogen-bond acceptors (Lipinski definition) is 4. The van der Waals surface area contributed by atoms with Gasteiger partial charge in [-0.3, -0.25) is 0 Å². The molecule has 0 amide bonds. The summed E-state index contributed by atoms with van der Waals surface area (Å²) in [5, 5.41) is 14.1. The largest absolute Gasteiger partial charge is 0.377 e. The minimum Gasteiger partial charge on any atom is -0.377 e. The third kappa shape index (κ3) is 3.06. The normalized spacial score (nSPS) is 11.9. The first-order valence-electron chi connectivity index (χ1n) is 5.91. The summed E-state index contributed by atoms with van der Waals surface area (Å²) in [6.45, 7) is 6.07. The average molecular weight is 292 g/mol. The summed E-state index contributed by atoms with van der Waals surface area (Å²) in [4.78, 5) is 5.61. The van der Waals surface area contributed by atoms with Crippen LogP contribution >= 0.6 is 22.9 Å². The topological polar surface area (TPSA) is 48.7 Å². The molecule has 0 fully saturated rings. The minimum absolute atomic E-state index is 0.111. The van der Waals surface area contributed by atoms with Crippen molar-refractivity contribution >= 4 is 28.6 Å². The maximum atomic E-state index is 9.13. The van der Waals surface area contributed by atoms with Gasteiger partial charge in [0.2, 0.25) is 0 Å². The molecule has 1 aromatic heterocycles. The molecule has 1 atom stereocenters. The van der Waals surface area contributed by atoms with Gasteiger partial charge in [0.15, 0.2) is 0 Å². The molecule has 0 saturated carbocycles. The molecule has 0 radical (unpaired) electrons. The second kappa shape index (κ2) is 5.60. The van der Waals surface area contributed by atoms with Gasteiger partial charge in [-0.25, -0.2) is 4.98 Å². The molecule has 1 aromatic carbocycles. The van der Waals surface area contributed by atoms with Crippen LogP contribution in [0.3, 0.4) is 0 Å². The van der Waals surface area contributed by atoms with Gasteiger partial charge in [-0.2, -0.15) is 5.26 Å². The van der Waals surface area contributed by atoms with Gasteiger partial charge in [-0.15, -0.1) is 11.3 Å². The lowest BCUT2D eigenvalue weighted by molar-refractivity contribution is 0.889. The maximum Gasteiger partial charge on any atom is 0.101 e. The van der Waals surface area contributed by atoms with Crippen LogP contribution in [0.2, 0.25) is 5.02 Å². The van der Waals surface area contributed by atoms with E-state index < -0.39 is 0 Å². The zero-order chi connectivity index (χ0) is 14.0. The molecule has 2 aromatic rings. The fourth-order valence-electron chi connectivity index (χ4n) is 1.98. The number of nitriles is 1. The molecular weight excluding hydrogens is 278 g/mol. The highest BCUT2D eigenvalue weighted by Crippen LogP contribution is 2.29. The van der Waals surface area contributed by atoms with E-state index in [4.69, 9.17) is 16.9 Å². The molecule has 0 aliphatic rings. The second-order valence-electron chi connectivity index (χ2n) is 4.35. The summed E-state index contributed by atoms with van der Waals surface area (Å²) in [6.07, 6.45) is 0. The Kier molecular flexibility index (Phi) is 4.08. The number of thiazole rings is 1. The van der Waals surface area contributed by atoms with Crippen molar-refractivity contribution in [3.05, 3.63) is 44.4 Å². The number of anilines is 1. The van der Waals surface area contributed by atoms with Crippen LogP contribution in [0.1, 0.15) is 34.1 Å². The van der Waals surface area contributed by atoms with E-state index in [1.165, 1.54) is 4.88 Å². The summed E-state index contributed by atoms with van der Waals surface area (Å²) in [7, 11) is 0. The lowest BCUT2D eigenvalue weighted by Crippen LogP contribution is -2.07. The van der Waals surface area contributed by atoms with Gasteiger partial charge >= 0.3 is 0 Å². The van der Waals surface area contributed by atoms with E-state index in [0.717, 1.165) is 16.4 Å². The van der Waals surface area contributed by atoms with E-state index >= 15 is 0 Å². The van der Waals surface area contributed by atoms with Gasteiger partial charge in [0.1, 0.15) is 6.07 Å². The molecule has 0 spiro atoms. The van der Waals surface area contributed by atoms with Crippen LogP contribution in [0.4, 0.5) is 5.69 Å². The molecule has 3 nitrogen and oxygen atoms in total. The summed E-state index contributed by atoms with van der Waals surface area (Å²) in [6, 6.07) is 7.55. The van der Waals surface area contributed by atoms with Crippen molar-refractivity contribution in [2.24, 2.45) is 0 Å². The second-order valence-corrected chi connectivity index (χ2v) is 6.02. The van der Waals surface area contributed by atoms with Gasteiger partial charge in [-0.1, -0.05) is 11.6 Å². The van der Waals surface area contributed by atoms with Crippen molar-refractivity contribution in [2.45, 2.75) is 26.8 Å². The highest BCUT2D eigenvalue weighted by Gasteiger charge is 2.14. The quantitative estimate of drug-likeness (QED) is 0.908. The highest BCUT2D eigenvalue weighted by atomic mass is 35.5. The number of aryl methyl sites for hydroxylation is 2. The van der Waals surface area contributed by atoms with Gasteiger partial charge in [0.25, 0.3) is 0 Å². The van der Waals surface area contributed by atoms with E-state index in [0.29, 0.717) is 10.6 Å². The van der Waals surface area contributed by atoms with Crippen LogP contribution in [0, 0.1) is 25.2 Å². The van der Waals surface area contributed by atoms with Crippen LogP contribution in [-0.4, -0.2) is 4.98 Å². The van der Waals surface area contributed by atoms with E-state index in [2.05, 4.69) is 23.3 Å². The van der Waals surface area contributed by atoms with Crippen LogP contribution in [0.5, 0.6) is 0 Å². The molecule has 0 saturated heterocycles. The molecule has 1 unspecified atom stereocenters. The molecule has 5 heteroatoms. The Morgan fingerprint density at radius 3 is 2.74 bits per heavy atom. The van der Waals surface area contributed by atoms with Crippen LogP contribution in [-0.2, 0) is 0 Å². The molecule has 0 aliphatic carbocycles. The Labute approximate surface area is 121 Å². The molecule has 2 rings (SSSR count). The zero-order valence-corrected chi connectivity index (χ0v) is 12.6. The Bertz CT molecular complexity index is 643. The Balaban J connectivity index is 2.27. The third-order valence-electron chi connectivity index (χ3n) is 2.81. The van der Waals surface area contributed by atoms with Crippen molar-refractivity contribution in [1.82, 2.24) is 4.98 Å². The van der Waals surface area contributed by atoms with Gasteiger partial charge in [0, 0.05) is 9.90 Å².